The van der Waals surface area contributed by atoms with E-state index in [1.807, 2.05) is 24.3 Å². The van der Waals surface area contributed by atoms with Gasteiger partial charge in [0.25, 0.3) is 5.56 Å². The van der Waals surface area contributed by atoms with Gasteiger partial charge in [0.1, 0.15) is 5.02 Å². The molecular formula is C15H15ClN4O2. The van der Waals surface area contributed by atoms with E-state index >= 15 is 0 Å². The third kappa shape index (κ3) is 3.46. The summed E-state index contributed by atoms with van der Waals surface area (Å²) in [6.07, 6.45) is 3.41. The molecule has 1 aromatic carbocycles. The van der Waals surface area contributed by atoms with Gasteiger partial charge in [-0.25, -0.2) is 5.10 Å². The number of aromatic nitrogens is 2. The molecule has 1 heterocycles. The Balaban J connectivity index is 1.66. The van der Waals surface area contributed by atoms with Gasteiger partial charge in [-0.05, 0) is 30.5 Å². The molecule has 1 amide bonds. The number of aromatic amines is 1. The van der Waals surface area contributed by atoms with Crippen molar-refractivity contribution >= 4 is 28.9 Å². The Hall–Kier alpha value is -2.34. The van der Waals surface area contributed by atoms with Crippen LogP contribution in [0.25, 0.3) is 0 Å². The van der Waals surface area contributed by atoms with Gasteiger partial charge in [0.15, 0.2) is 0 Å². The van der Waals surface area contributed by atoms with E-state index in [0.29, 0.717) is 12.2 Å². The first-order valence-corrected chi connectivity index (χ1v) is 7.38. The molecule has 1 saturated carbocycles. The molecule has 3 N–H and O–H groups in total. The van der Waals surface area contributed by atoms with Gasteiger partial charge < -0.3 is 10.6 Å². The first-order chi connectivity index (χ1) is 10.6. The second kappa shape index (κ2) is 6.19. The van der Waals surface area contributed by atoms with E-state index in [-0.39, 0.29) is 16.8 Å². The summed E-state index contributed by atoms with van der Waals surface area (Å²) in [4.78, 5) is 23.1. The Morgan fingerprint density at radius 2 is 2.23 bits per heavy atom. The number of anilines is 2. The average Bonchev–Trinajstić information content (AvgIpc) is 3.34. The second-order valence-corrected chi connectivity index (χ2v) is 5.62. The molecule has 22 heavy (non-hydrogen) atoms. The van der Waals surface area contributed by atoms with E-state index in [4.69, 9.17) is 11.6 Å². The van der Waals surface area contributed by atoms with Crippen molar-refractivity contribution in [3.63, 3.8) is 0 Å². The molecule has 2 aromatic rings. The highest BCUT2D eigenvalue weighted by Crippen LogP contribution is 2.30. The SMILES string of the molecule is O=C(Nc1cccc(CNc2cn[nH]c(=O)c2Cl)c1)C1CC1. The van der Waals surface area contributed by atoms with Crippen LogP contribution in [-0.4, -0.2) is 16.1 Å². The highest BCUT2D eigenvalue weighted by atomic mass is 35.5. The molecule has 1 aliphatic rings. The van der Waals surface area contributed by atoms with E-state index in [1.165, 1.54) is 6.20 Å². The van der Waals surface area contributed by atoms with Gasteiger partial charge in [0.2, 0.25) is 5.91 Å². The van der Waals surface area contributed by atoms with Gasteiger partial charge in [-0.1, -0.05) is 23.7 Å². The van der Waals surface area contributed by atoms with Crippen LogP contribution in [0.2, 0.25) is 5.02 Å². The summed E-state index contributed by atoms with van der Waals surface area (Å²) < 4.78 is 0. The minimum atomic E-state index is -0.433. The lowest BCUT2D eigenvalue weighted by molar-refractivity contribution is -0.117. The molecule has 114 valence electrons. The van der Waals surface area contributed by atoms with Crippen molar-refractivity contribution < 1.29 is 4.79 Å². The van der Waals surface area contributed by atoms with Gasteiger partial charge in [0, 0.05) is 18.2 Å². The summed E-state index contributed by atoms with van der Waals surface area (Å²) in [5.41, 5.74) is 1.77. The number of hydrogen-bond donors (Lipinski definition) is 3. The van der Waals surface area contributed by atoms with E-state index in [1.54, 1.807) is 0 Å². The van der Waals surface area contributed by atoms with Crippen LogP contribution in [0.3, 0.4) is 0 Å². The lowest BCUT2D eigenvalue weighted by atomic mass is 10.2. The van der Waals surface area contributed by atoms with Crippen LogP contribution in [0.4, 0.5) is 11.4 Å². The normalized spacial score (nSPS) is 13.7. The fourth-order valence-corrected chi connectivity index (χ4v) is 2.21. The molecule has 7 heteroatoms. The molecule has 0 atom stereocenters. The van der Waals surface area contributed by atoms with Crippen molar-refractivity contribution in [3.8, 4) is 0 Å². The smallest absolute Gasteiger partial charge is 0.285 e. The maximum atomic E-state index is 11.8. The molecule has 0 aliphatic heterocycles. The first kappa shape index (κ1) is 14.6. The number of amides is 1. The summed E-state index contributed by atoms with van der Waals surface area (Å²) >= 11 is 5.90. The zero-order valence-corrected chi connectivity index (χ0v) is 12.5. The summed E-state index contributed by atoms with van der Waals surface area (Å²) in [6, 6.07) is 7.54. The third-order valence-corrected chi connectivity index (χ3v) is 3.80. The molecule has 1 aromatic heterocycles. The van der Waals surface area contributed by atoms with Crippen molar-refractivity contribution in [1.29, 1.82) is 0 Å². The van der Waals surface area contributed by atoms with E-state index in [2.05, 4.69) is 20.8 Å². The summed E-state index contributed by atoms with van der Waals surface area (Å²) in [5, 5.41) is 12.0. The number of carbonyl (C=O) groups excluding carboxylic acids is 1. The molecule has 0 bridgehead atoms. The quantitative estimate of drug-likeness (QED) is 0.790. The van der Waals surface area contributed by atoms with Crippen LogP contribution in [0.1, 0.15) is 18.4 Å². The summed E-state index contributed by atoms with van der Waals surface area (Å²) in [7, 11) is 0. The highest BCUT2D eigenvalue weighted by Gasteiger charge is 2.29. The van der Waals surface area contributed by atoms with Gasteiger partial charge >= 0.3 is 0 Å². The number of benzene rings is 1. The molecule has 1 fully saturated rings. The zero-order valence-electron chi connectivity index (χ0n) is 11.7. The van der Waals surface area contributed by atoms with Crippen molar-refractivity contribution in [2.45, 2.75) is 19.4 Å². The van der Waals surface area contributed by atoms with Crippen LogP contribution in [-0.2, 0) is 11.3 Å². The topological polar surface area (TPSA) is 86.9 Å². The second-order valence-electron chi connectivity index (χ2n) is 5.24. The van der Waals surface area contributed by atoms with Gasteiger partial charge in [-0.2, -0.15) is 5.10 Å². The number of nitrogens with one attached hydrogen (secondary N) is 3. The standard InChI is InChI=1S/C15H15ClN4O2/c16-13-12(8-18-20-15(13)22)17-7-9-2-1-3-11(6-9)19-14(21)10-4-5-10/h1-3,6,8,10H,4-5,7H2,(H,19,21)(H2,17,20,22). The molecule has 0 saturated heterocycles. The largest absolute Gasteiger partial charge is 0.378 e. The Bertz CT molecular complexity index is 755. The molecule has 0 spiro atoms. The van der Waals surface area contributed by atoms with Crippen molar-refractivity contribution in [2.24, 2.45) is 5.92 Å². The van der Waals surface area contributed by atoms with Gasteiger partial charge in [-0.3, -0.25) is 9.59 Å². The number of H-pyrrole nitrogens is 1. The maximum absolute atomic E-state index is 11.8. The predicted molar refractivity (Wildman–Crippen MR) is 85.0 cm³/mol. The number of hydrogen-bond acceptors (Lipinski definition) is 4. The fourth-order valence-electron chi connectivity index (χ4n) is 2.05. The molecule has 0 radical (unpaired) electrons. The average molecular weight is 319 g/mol. The van der Waals surface area contributed by atoms with E-state index in [9.17, 15) is 9.59 Å². The molecule has 0 unspecified atom stereocenters. The predicted octanol–water partition coefficient (Wildman–Crippen LogP) is 2.38. The Kier molecular flexibility index (Phi) is 4.11. The van der Waals surface area contributed by atoms with Crippen LogP contribution < -0.4 is 16.2 Å². The lowest BCUT2D eigenvalue weighted by Gasteiger charge is -2.09. The summed E-state index contributed by atoms with van der Waals surface area (Å²) in [6.45, 7) is 0.470. The molecular weight excluding hydrogens is 304 g/mol. The van der Waals surface area contributed by atoms with Crippen molar-refractivity contribution in [1.82, 2.24) is 10.2 Å². The number of rotatable bonds is 5. The van der Waals surface area contributed by atoms with Crippen molar-refractivity contribution in [2.75, 3.05) is 10.6 Å². The molecule has 1 aliphatic carbocycles. The van der Waals surface area contributed by atoms with Crippen LogP contribution in [0.15, 0.2) is 35.3 Å². The number of halogens is 1. The van der Waals surface area contributed by atoms with E-state index < -0.39 is 5.56 Å². The molecule has 6 nitrogen and oxygen atoms in total. The number of carbonyl (C=O) groups is 1. The van der Waals surface area contributed by atoms with Crippen LogP contribution in [0, 0.1) is 5.92 Å². The minimum Gasteiger partial charge on any atom is -0.378 e. The van der Waals surface area contributed by atoms with Crippen molar-refractivity contribution in [3.05, 3.63) is 51.4 Å². The minimum absolute atomic E-state index is 0.0759. The Morgan fingerprint density at radius 1 is 1.41 bits per heavy atom. The number of nitrogens with zero attached hydrogens (tertiary/aromatic N) is 1. The first-order valence-electron chi connectivity index (χ1n) is 7.00. The Morgan fingerprint density at radius 3 is 3.00 bits per heavy atom. The van der Waals surface area contributed by atoms with Crippen LogP contribution >= 0.6 is 11.6 Å². The third-order valence-electron chi connectivity index (χ3n) is 3.42. The highest BCUT2D eigenvalue weighted by molar-refractivity contribution is 6.32. The zero-order chi connectivity index (χ0) is 15.5. The fraction of sp³-hybridized carbons (Fsp3) is 0.267. The maximum Gasteiger partial charge on any atom is 0.285 e. The lowest BCUT2D eigenvalue weighted by Crippen LogP contribution is -2.14. The summed E-state index contributed by atoms with van der Waals surface area (Å²) in [5.74, 6) is 0.245. The van der Waals surface area contributed by atoms with E-state index in [0.717, 1.165) is 24.1 Å². The van der Waals surface area contributed by atoms with Gasteiger partial charge in [0.05, 0.1) is 11.9 Å². The van der Waals surface area contributed by atoms with Crippen LogP contribution in [0.5, 0.6) is 0 Å². The van der Waals surface area contributed by atoms with Gasteiger partial charge in [-0.15, -0.1) is 0 Å². The molecule has 3 rings (SSSR count). The monoisotopic (exact) mass is 318 g/mol. The Labute approximate surface area is 131 Å².